The van der Waals surface area contributed by atoms with Crippen molar-refractivity contribution in [2.75, 3.05) is 0 Å². The van der Waals surface area contributed by atoms with E-state index in [1.54, 1.807) is 6.07 Å². The van der Waals surface area contributed by atoms with E-state index in [9.17, 15) is 23.1 Å². The van der Waals surface area contributed by atoms with E-state index < -0.39 is 45.4 Å². The number of nitrogens with zero attached hydrogens (tertiary/aromatic N) is 3. The second-order valence-corrected chi connectivity index (χ2v) is 7.91. The Balaban J connectivity index is 2.27. The van der Waals surface area contributed by atoms with E-state index in [-0.39, 0.29) is 24.3 Å². The minimum atomic E-state index is -1.35. The third kappa shape index (κ3) is 3.64. The van der Waals surface area contributed by atoms with Crippen LogP contribution in [0, 0.1) is 24.4 Å². The van der Waals surface area contributed by atoms with Gasteiger partial charge in [0.15, 0.2) is 28.5 Å². The molecule has 29 heavy (non-hydrogen) atoms. The van der Waals surface area contributed by atoms with Gasteiger partial charge in [-0.2, -0.15) is 0 Å². The summed E-state index contributed by atoms with van der Waals surface area (Å²) in [5.74, 6) is -4.92. The maximum Gasteiger partial charge on any atom is 0.303 e. The Morgan fingerprint density at radius 1 is 1.07 bits per heavy atom. The second kappa shape index (κ2) is 7.06. The van der Waals surface area contributed by atoms with Crippen LogP contribution in [-0.4, -0.2) is 31.2 Å². The van der Waals surface area contributed by atoms with Crippen LogP contribution in [0.25, 0.3) is 16.7 Å². The number of fused-ring (bicyclic) bond motifs is 1. The molecule has 0 atom stereocenters. The summed E-state index contributed by atoms with van der Waals surface area (Å²) in [5, 5.41) is 27.5. The van der Waals surface area contributed by atoms with Crippen molar-refractivity contribution in [3.05, 3.63) is 46.3 Å². The third-order valence-electron chi connectivity index (χ3n) is 4.68. The van der Waals surface area contributed by atoms with Crippen molar-refractivity contribution in [3.8, 4) is 11.4 Å². The van der Waals surface area contributed by atoms with Gasteiger partial charge in [-0.15, -0.1) is 15.0 Å². The van der Waals surface area contributed by atoms with E-state index in [2.05, 4.69) is 10.2 Å². The van der Waals surface area contributed by atoms with Crippen LogP contribution >= 0.6 is 0 Å². The van der Waals surface area contributed by atoms with E-state index in [1.165, 1.54) is 6.07 Å². The number of aryl methyl sites for hydroxylation is 1. The lowest BCUT2D eigenvalue weighted by Crippen LogP contribution is -2.14. The minimum absolute atomic E-state index is 0.0193. The molecular formula is C20H20F3N3O3. The average molecular weight is 407 g/mol. The highest BCUT2D eigenvalue weighted by atomic mass is 19.2. The van der Waals surface area contributed by atoms with Gasteiger partial charge in [0.2, 0.25) is 0 Å². The monoisotopic (exact) mass is 407 g/mol. The lowest BCUT2D eigenvalue weighted by Gasteiger charge is -2.23. The van der Waals surface area contributed by atoms with Crippen LogP contribution in [0.2, 0.25) is 0 Å². The van der Waals surface area contributed by atoms with Gasteiger partial charge in [-0.1, -0.05) is 26.8 Å². The standard InChI is InChI=1S/C20H20F3N3O3/c1-9-14(21)16(23)18-17(15(9)22)24-26(25-18)12-8-10(5-6-13(27)28)7-11(19(12)29)20(2,3)4/h7-8,29H,5-6H2,1-4H3,(H,27,28). The van der Waals surface area contributed by atoms with Gasteiger partial charge in [0, 0.05) is 17.5 Å². The predicted molar refractivity (Wildman–Crippen MR) is 99.8 cm³/mol. The first-order valence-corrected chi connectivity index (χ1v) is 8.90. The fraction of sp³-hybridized carbons (Fsp3) is 0.350. The lowest BCUT2D eigenvalue weighted by molar-refractivity contribution is -0.136. The first kappa shape index (κ1) is 20.6. The first-order valence-electron chi connectivity index (χ1n) is 8.90. The summed E-state index contributed by atoms with van der Waals surface area (Å²) < 4.78 is 42.5. The Morgan fingerprint density at radius 2 is 1.66 bits per heavy atom. The van der Waals surface area contributed by atoms with Crippen molar-refractivity contribution < 1.29 is 28.2 Å². The van der Waals surface area contributed by atoms with Gasteiger partial charge in [0.05, 0.1) is 0 Å². The summed E-state index contributed by atoms with van der Waals surface area (Å²) in [7, 11) is 0. The van der Waals surface area contributed by atoms with Crippen LogP contribution in [0.5, 0.6) is 5.75 Å². The number of carboxylic acid groups (broad SMARTS) is 1. The van der Waals surface area contributed by atoms with E-state index >= 15 is 0 Å². The number of halogens is 3. The van der Waals surface area contributed by atoms with Gasteiger partial charge in [-0.05, 0) is 30.4 Å². The Morgan fingerprint density at radius 3 is 2.21 bits per heavy atom. The van der Waals surface area contributed by atoms with Crippen molar-refractivity contribution in [1.82, 2.24) is 15.0 Å². The Hall–Kier alpha value is -3.10. The summed E-state index contributed by atoms with van der Waals surface area (Å²) in [6.45, 7) is 6.63. The van der Waals surface area contributed by atoms with Crippen molar-refractivity contribution in [1.29, 1.82) is 0 Å². The zero-order chi connectivity index (χ0) is 21.7. The number of phenols is 1. The molecule has 0 aliphatic carbocycles. The molecule has 0 fully saturated rings. The number of phenolic OH excluding ortho intramolecular Hbond substituents is 1. The molecule has 3 aromatic rings. The largest absolute Gasteiger partial charge is 0.505 e. The molecule has 0 bridgehead atoms. The topological polar surface area (TPSA) is 88.2 Å². The Kier molecular flexibility index (Phi) is 5.02. The number of rotatable bonds is 4. The lowest BCUT2D eigenvalue weighted by atomic mass is 9.84. The van der Waals surface area contributed by atoms with Crippen LogP contribution < -0.4 is 0 Å². The van der Waals surface area contributed by atoms with Gasteiger partial charge in [-0.3, -0.25) is 4.79 Å². The van der Waals surface area contributed by atoms with E-state index in [4.69, 9.17) is 5.11 Å². The van der Waals surface area contributed by atoms with Crippen LogP contribution in [0.3, 0.4) is 0 Å². The molecule has 0 radical (unpaired) electrons. The van der Waals surface area contributed by atoms with Gasteiger partial charge in [0.25, 0.3) is 0 Å². The van der Waals surface area contributed by atoms with Crippen LogP contribution in [0.4, 0.5) is 13.2 Å². The molecular weight excluding hydrogens is 387 g/mol. The number of aromatic hydroxyl groups is 1. The number of aromatic nitrogens is 3. The number of hydrogen-bond acceptors (Lipinski definition) is 4. The smallest absolute Gasteiger partial charge is 0.303 e. The number of aliphatic carboxylic acids is 1. The quantitative estimate of drug-likeness (QED) is 0.634. The molecule has 0 spiro atoms. The molecule has 1 aromatic heterocycles. The molecule has 0 saturated heterocycles. The number of carbonyl (C=O) groups is 1. The predicted octanol–water partition coefficient (Wildman–Crippen LogP) is 4.17. The summed E-state index contributed by atoms with van der Waals surface area (Å²) in [5.41, 5.74) is -1.02. The second-order valence-electron chi connectivity index (χ2n) is 7.91. The number of benzene rings is 2. The molecule has 2 N–H and O–H groups in total. The van der Waals surface area contributed by atoms with Crippen LogP contribution in [0.1, 0.15) is 43.9 Å². The highest BCUT2D eigenvalue weighted by Crippen LogP contribution is 2.37. The summed E-state index contributed by atoms with van der Waals surface area (Å²) >= 11 is 0. The molecule has 3 rings (SSSR count). The molecule has 1 heterocycles. The summed E-state index contributed by atoms with van der Waals surface area (Å²) in [4.78, 5) is 11.8. The van der Waals surface area contributed by atoms with Gasteiger partial charge < -0.3 is 10.2 Å². The molecule has 0 amide bonds. The zero-order valence-electron chi connectivity index (χ0n) is 16.3. The maximum atomic E-state index is 14.4. The molecule has 0 aliphatic heterocycles. The molecule has 0 aliphatic rings. The van der Waals surface area contributed by atoms with Crippen molar-refractivity contribution in [2.24, 2.45) is 0 Å². The highest BCUT2D eigenvalue weighted by Gasteiger charge is 2.26. The molecule has 154 valence electrons. The van der Waals surface area contributed by atoms with E-state index in [0.717, 1.165) is 11.7 Å². The Bertz CT molecular complexity index is 1090. The third-order valence-corrected chi connectivity index (χ3v) is 4.68. The zero-order valence-corrected chi connectivity index (χ0v) is 16.3. The van der Waals surface area contributed by atoms with E-state index in [1.807, 2.05) is 20.8 Å². The molecule has 2 aromatic carbocycles. The van der Waals surface area contributed by atoms with Gasteiger partial charge in [0.1, 0.15) is 11.4 Å². The van der Waals surface area contributed by atoms with Gasteiger partial charge >= 0.3 is 5.97 Å². The van der Waals surface area contributed by atoms with Crippen molar-refractivity contribution in [2.45, 2.75) is 46.0 Å². The molecule has 0 unspecified atom stereocenters. The summed E-state index contributed by atoms with van der Waals surface area (Å²) in [6, 6.07) is 3.13. The minimum Gasteiger partial charge on any atom is -0.505 e. The number of hydrogen-bond donors (Lipinski definition) is 2. The molecule has 6 nitrogen and oxygen atoms in total. The van der Waals surface area contributed by atoms with Gasteiger partial charge in [-0.25, -0.2) is 13.2 Å². The van der Waals surface area contributed by atoms with Crippen molar-refractivity contribution in [3.63, 3.8) is 0 Å². The SMILES string of the molecule is Cc1c(F)c(F)c2nn(-c3cc(CCC(=O)O)cc(C(C)(C)C)c3O)nc2c1F. The first-order chi connectivity index (χ1) is 13.4. The maximum absolute atomic E-state index is 14.4. The number of carboxylic acids is 1. The fourth-order valence-electron chi connectivity index (χ4n) is 3.05. The van der Waals surface area contributed by atoms with Crippen molar-refractivity contribution >= 4 is 17.0 Å². The van der Waals surface area contributed by atoms with Crippen LogP contribution in [0.15, 0.2) is 12.1 Å². The summed E-state index contributed by atoms with van der Waals surface area (Å²) in [6.07, 6.45) is 0.0267. The Labute approximate surface area is 164 Å². The van der Waals surface area contributed by atoms with E-state index in [0.29, 0.717) is 11.1 Å². The highest BCUT2D eigenvalue weighted by molar-refractivity contribution is 5.77. The fourth-order valence-corrected chi connectivity index (χ4v) is 3.05. The molecule has 9 heteroatoms. The van der Waals surface area contributed by atoms with Crippen LogP contribution in [-0.2, 0) is 16.6 Å². The molecule has 0 saturated carbocycles. The average Bonchev–Trinajstić information content (AvgIpc) is 3.08. The normalized spacial score (nSPS) is 12.0.